The molecule has 1 aromatic carbocycles. The van der Waals surface area contributed by atoms with Crippen LogP contribution < -0.4 is 14.8 Å². The fraction of sp³-hybridized carbons (Fsp3) is 0.565. The monoisotopic (exact) mass is 464 g/mol. The summed E-state index contributed by atoms with van der Waals surface area (Å²) in [5.74, 6) is 2.42. The second-order valence-corrected chi connectivity index (χ2v) is 8.79. The lowest BCUT2D eigenvalue weighted by atomic mass is 10.0. The van der Waals surface area contributed by atoms with Crippen molar-refractivity contribution in [1.29, 1.82) is 0 Å². The number of ether oxygens (including phenoxy) is 2. The Bertz CT molecular complexity index is 917. The van der Waals surface area contributed by atoms with E-state index in [-0.39, 0.29) is 0 Å². The van der Waals surface area contributed by atoms with Crippen LogP contribution in [0, 0.1) is 0 Å². The van der Waals surface area contributed by atoms with Crippen molar-refractivity contribution in [3.8, 4) is 11.5 Å². The SMILES string of the molecule is CCOc1cc(CN2CCC(Nc3nc(Cl)nc4c3CCC4)CC2)c(Cl)c(OCC)c1. The predicted octanol–water partition coefficient (Wildman–Crippen LogP) is 5.15. The molecule has 0 atom stereocenters. The van der Waals surface area contributed by atoms with E-state index in [1.165, 1.54) is 5.56 Å². The number of hydrogen-bond acceptors (Lipinski definition) is 6. The molecule has 0 amide bonds. The average molecular weight is 465 g/mol. The maximum Gasteiger partial charge on any atom is 0.224 e. The number of likely N-dealkylation sites (tertiary alicyclic amines) is 1. The van der Waals surface area contributed by atoms with E-state index in [1.807, 2.05) is 26.0 Å². The van der Waals surface area contributed by atoms with E-state index in [2.05, 4.69) is 20.2 Å². The highest BCUT2D eigenvalue weighted by atomic mass is 35.5. The molecule has 1 fully saturated rings. The molecule has 0 spiro atoms. The van der Waals surface area contributed by atoms with E-state index in [4.69, 9.17) is 32.7 Å². The molecule has 1 aliphatic heterocycles. The lowest BCUT2D eigenvalue weighted by Crippen LogP contribution is -2.39. The Hall–Kier alpha value is -1.76. The van der Waals surface area contributed by atoms with Gasteiger partial charge in [-0.15, -0.1) is 0 Å². The van der Waals surface area contributed by atoms with Gasteiger partial charge in [0.25, 0.3) is 0 Å². The van der Waals surface area contributed by atoms with E-state index in [0.29, 0.717) is 35.3 Å². The van der Waals surface area contributed by atoms with Crippen LogP contribution >= 0.6 is 23.2 Å². The Morgan fingerprint density at radius 2 is 1.84 bits per heavy atom. The molecule has 0 saturated carbocycles. The van der Waals surface area contributed by atoms with Crippen LogP contribution in [0.15, 0.2) is 12.1 Å². The Labute approximate surface area is 194 Å². The Morgan fingerprint density at radius 1 is 1.06 bits per heavy atom. The van der Waals surface area contributed by atoms with Crippen LogP contribution in [0.5, 0.6) is 11.5 Å². The molecule has 6 nitrogen and oxygen atoms in total. The van der Waals surface area contributed by atoms with Crippen LogP contribution in [0.3, 0.4) is 0 Å². The Balaban J connectivity index is 1.39. The summed E-state index contributed by atoms with van der Waals surface area (Å²) in [5, 5.41) is 4.66. The zero-order valence-corrected chi connectivity index (χ0v) is 19.7. The summed E-state index contributed by atoms with van der Waals surface area (Å²) in [7, 11) is 0. The topological polar surface area (TPSA) is 59.5 Å². The van der Waals surface area contributed by atoms with Gasteiger partial charge in [0.2, 0.25) is 5.28 Å². The number of rotatable bonds is 8. The highest BCUT2D eigenvalue weighted by Gasteiger charge is 2.24. The van der Waals surface area contributed by atoms with Gasteiger partial charge in [0, 0.05) is 37.3 Å². The standard InChI is InChI=1S/C23H30Cl2N4O2/c1-3-30-17-12-15(21(24)20(13-17)31-4-2)14-29-10-8-16(9-11-29)26-22-18-6-5-7-19(18)27-23(25)28-22/h12-13,16H,3-11,14H2,1-2H3,(H,26,27,28). The molecular formula is C23H30Cl2N4O2. The summed E-state index contributed by atoms with van der Waals surface area (Å²) >= 11 is 12.8. The number of anilines is 1. The average Bonchev–Trinajstić information content (AvgIpc) is 3.22. The number of fused-ring (bicyclic) bond motifs is 1. The van der Waals surface area contributed by atoms with Gasteiger partial charge in [0.05, 0.1) is 23.9 Å². The van der Waals surface area contributed by atoms with Crippen molar-refractivity contribution < 1.29 is 9.47 Å². The predicted molar refractivity (Wildman–Crippen MR) is 125 cm³/mol. The third-order valence-electron chi connectivity index (χ3n) is 5.93. The minimum Gasteiger partial charge on any atom is -0.494 e. The number of nitrogens with one attached hydrogen (secondary N) is 1. The van der Waals surface area contributed by atoms with Gasteiger partial charge in [-0.05, 0) is 69.2 Å². The number of nitrogens with zero attached hydrogens (tertiary/aromatic N) is 3. The molecule has 1 aromatic heterocycles. The summed E-state index contributed by atoms with van der Waals surface area (Å²) in [6, 6.07) is 4.29. The van der Waals surface area contributed by atoms with Gasteiger partial charge in [-0.25, -0.2) is 9.97 Å². The first-order chi connectivity index (χ1) is 15.1. The van der Waals surface area contributed by atoms with Crippen molar-refractivity contribution in [2.75, 3.05) is 31.6 Å². The normalized spacial score (nSPS) is 16.9. The first-order valence-corrected chi connectivity index (χ1v) is 11.9. The van der Waals surface area contributed by atoms with E-state index >= 15 is 0 Å². The molecule has 8 heteroatoms. The highest BCUT2D eigenvalue weighted by Crippen LogP contribution is 2.35. The molecule has 2 aliphatic rings. The van der Waals surface area contributed by atoms with Crippen LogP contribution in [0.2, 0.25) is 10.3 Å². The minimum absolute atomic E-state index is 0.342. The van der Waals surface area contributed by atoms with Gasteiger partial charge in [0.1, 0.15) is 17.3 Å². The molecule has 0 unspecified atom stereocenters. The quantitative estimate of drug-likeness (QED) is 0.545. The van der Waals surface area contributed by atoms with Gasteiger partial charge in [-0.2, -0.15) is 0 Å². The number of aryl methyl sites for hydroxylation is 1. The molecule has 2 aromatic rings. The maximum atomic E-state index is 6.64. The lowest BCUT2D eigenvalue weighted by molar-refractivity contribution is 0.210. The zero-order valence-electron chi connectivity index (χ0n) is 18.2. The first kappa shape index (κ1) is 22.4. The Morgan fingerprint density at radius 3 is 2.58 bits per heavy atom. The smallest absolute Gasteiger partial charge is 0.224 e. The molecular weight excluding hydrogens is 435 g/mol. The van der Waals surface area contributed by atoms with Crippen molar-refractivity contribution in [1.82, 2.24) is 14.9 Å². The molecule has 1 saturated heterocycles. The van der Waals surface area contributed by atoms with E-state index in [9.17, 15) is 0 Å². The maximum absolute atomic E-state index is 6.64. The molecule has 0 bridgehead atoms. The van der Waals surface area contributed by atoms with Crippen molar-refractivity contribution in [3.05, 3.63) is 39.3 Å². The lowest BCUT2D eigenvalue weighted by Gasteiger charge is -2.33. The van der Waals surface area contributed by atoms with Crippen LogP contribution in [-0.4, -0.2) is 47.2 Å². The van der Waals surface area contributed by atoms with Gasteiger partial charge >= 0.3 is 0 Å². The van der Waals surface area contributed by atoms with Gasteiger partial charge in [-0.3, -0.25) is 4.90 Å². The summed E-state index contributed by atoms with van der Waals surface area (Å²) in [4.78, 5) is 11.3. The molecule has 2 heterocycles. The summed E-state index contributed by atoms with van der Waals surface area (Å²) < 4.78 is 11.4. The third kappa shape index (κ3) is 5.36. The molecule has 31 heavy (non-hydrogen) atoms. The van der Waals surface area contributed by atoms with Crippen LogP contribution in [0.1, 0.15) is 49.9 Å². The second-order valence-electron chi connectivity index (χ2n) is 8.08. The van der Waals surface area contributed by atoms with Gasteiger partial charge in [-0.1, -0.05) is 11.6 Å². The summed E-state index contributed by atoms with van der Waals surface area (Å²) in [5.41, 5.74) is 3.39. The number of benzene rings is 1. The van der Waals surface area contributed by atoms with Crippen LogP contribution in [0.4, 0.5) is 5.82 Å². The van der Waals surface area contributed by atoms with Crippen LogP contribution in [-0.2, 0) is 19.4 Å². The van der Waals surface area contributed by atoms with Gasteiger partial charge in [0.15, 0.2) is 0 Å². The molecule has 0 radical (unpaired) electrons. The first-order valence-electron chi connectivity index (χ1n) is 11.2. The molecule has 168 valence electrons. The minimum atomic E-state index is 0.342. The van der Waals surface area contributed by atoms with Crippen molar-refractivity contribution in [2.24, 2.45) is 0 Å². The molecule has 4 rings (SSSR count). The number of hydrogen-bond donors (Lipinski definition) is 1. The van der Waals surface area contributed by atoms with Crippen LogP contribution in [0.25, 0.3) is 0 Å². The molecule has 1 aliphatic carbocycles. The number of piperidine rings is 1. The van der Waals surface area contributed by atoms with Gasteiger partial charge < -0.3 is 14.8 Å². The fourth-order valence-electron chi connectivity index (χ4n) is 4.44. The third-order valence-corrected chi connectivity index (χ3v) is 6.53. The fourth-order valence-corrected chi connectivity index (χ4v) is 4.85. The number of aromatic nitrogens is 2. The van der Waals surface area contributed by atoms with Crippen molar-refractivity contribution >= 4 is 29.0 Å². The van der Waals surface area contributed by atoms with Crippen molar-refractivity contribution in [2.45, 2.75) is 58.5 Å². The highest BCUT2D eigenvalue weighted by molar-refractivity contribution is 6.32. The molecule has 1 N–H and O–H groups in total. The number of halogens is 2. The van der Waals surface area contributed by atoms with E-state index in [0.717, 1.165) is 74.6 Å². The summed E-state index contributed by atoms with van der Waals surface area (Å²) in [6.45, 7) is 7.87. The largest absolute Gasteiger partial charge is 0.494 e. The van der Waals surface area contributed by atoms with Crippen molar-refractivity contribution in [3.63, 3.8) is 0 Å². The van der Waals surface area contributed by atoms with E-state index < -0.39 is 0 Å². The summed E-state index contributed by atoms with van der Waals surface area (Å²) in [6.07, 6.45) is 5.23. The van der Waals surface area contributed by atoms with E-state index in [1.54, 1.807) is 0 Å². The zero-order chi connectivity index (χ0) is 21.8. The Kier molecular flexibility index (Phi) is 7.41. The second kappa shape index (κ2) is 10.2.